The molecule has 3 heterocycles. The summed E-state index contributed by atoms with van der Waals surface area (Å²) in [7, 11) is 0. The first-order valence-corrected chi connectivity index (χ1v) is 37.6. The minimum Gasteiger partial charge on any atom is -0.508 e. The summed E-state index contributed by atoms with van der Waals surface area (Å²) < 4.78 is 5.84. The largest absolute Gasteiger partial charge is 0.508 e. The molecule has 0 saturated carbocycles. The molecule has 18 N–H and O–H groups in total. The van der Waals surface area contributed by atoms with Crippen LogP contribution >= 0.6 is 0 Å². The van der Waals surface area contributed by atoms with E-state index in [1.54, 1.807) is 27.7 Å². The molecule has 3 aliphatic heterocycles. The molecule has 2 aromatic rings. The predicted octanol–water partition coefficient (Wildman–Crippen LogP) is 1.97. The molecule has 14 atom stereocenters. The van der Waals surface area contributed by atoms with Crippen molar-refractivity contribution in [2.45, 2.75) is 282 Å². The van der Waals surface area contributed by atoms with Gasteiger partial charge in [0.25, 0.3) is 0 Å². The Balaban J connectivity index is 1.77. The summed E-state index contributed by atoms with van der Waals surface area (Å²) in [5.41, 5.74) is 12.1. The topological polar surface area (TPSA) is 513 Å². The summed E-state index contributed by atoms with van der Waals surface area (Å²) in [5, 5.41) is 74.6. The first-order valence-electron chi connectivity index (χ1n) is 37.6. The molecule has 11 amide bonds. The molecule has 2 bridgehead atoms. The number of phenols is 1. The number of aliphatic carboxylic acids is 2. The molecule has 0 aliphatic carbocycles. The average Bonchev–Trinajstić information content (AvgIpc) is 1.76. The Morgan fingerprint density at radius 3 is 1.72 bits per heavy atom. The molecule has 1 saturated heterocycles. The number of amides is 11. The monoisotopic (exact) mass is 1500 g/mol. The number of ether oxygens (including phenoxy) is 1. The fraction of sp³-hybridized carbons (Fsp3) is 0.653. The van der Waals surface area contributed by atoms with Gasteiger partial charge in [0, 0.05) is 38.6 Å². The van der Waals surface area contributed by atoms with Gasteiger partial charge >= 0.3 is 17.9 Å². The third-order valence-electron chi connectivity index (χ3n) is 19.4. The third-order valence-corrected chi connectivity index (χ3v) is 19.4. The van der Waals surface area contributed by atoms with Gasteiger partial charge in [-0.1, -0.05) is 136 Å². The number of rotatable bonds is 37. The maximum atomic E-state index is 14.9. The normalized spacial score (nSPS) is 22.0. The van der Waals surface area contributed by atoms with E-state index in [0.29, 0.717) is 24.8 Å². The lowest BCUT2D eigenvalue weighted by molar-refractivity contribution is -0.144. The Morgan fingerprint density at radius 2 is 1.14 bits per heavy atom. The van der Waals surface area contributed by atoms with Crippen molar-refractivity contribution in [3.63, 3.8) is 0 Å². The highest BCUT2D eigenvalue weighted by Crippen LogP contribution is 2.24. The highest BCUT2D eigenvalue weighted by Gasteiger charge is 2.43. The average molecular weight is 1510 g/mol. The summed E-state index contributed by atoms with van der Waals surface area (Å²) in [6.07, 6.45) is 3.99. The number of phenolic OH excluding ortho intramolecular Hbond substituents is 1. The van der Waals surface area contributed by atoms with Gasteiger partial charge in [-0.2, -0.15) is 0 Å². The highest BCUT2D eigenvalue weighted by molar-refractivity contribution is 6.00. The van der Waals surface area contributed by atoms with Gasteiger partial charge < -0.3 is 94.5 Å². The van der Waals surface area contributed by atoms with Crippen LogP contribution in [-0.2, 0) is 80.0 Å². The molecule has 1 fully saturated rings. The number of primary amides is 1. The molecule has 0 spiro atoms. The summed E-state index contributed by atoms with van der Waals surface area (Å²) >= 11 is 0. The van der Waals surface area contributed by atoms with Gasteiger partial charge in [0.15, 0.2) is 0 Å². The number of carboxylic acids is 2. The van der Waals surface area contributed by atoms with Crippen LogP contribution < -0.4 is 64.1 Å². The molecule has 32 nitrogen and oxygen atoms in total. The van der Waals surface area contributed by atoms with Crippen LogP contribution in [0.3, 0.4) is 0 Å². The lowest BCUT2D eigenvalue weighted by Gasteiger charge is -2.32. The molecule has 0 radical (unpaired) electrons. The third kappa shape index (κ3) is 32.0. The number of benzene rings is 2. The van der Waals surface area contributed by atoms with E-state index in [4.69, 9.17) is 16.2 Å². The molecule has 0 unspecified atom stereocenters. The second-order valence-electron chi connectivity index (χ2n) is 28.7. The van der Waals surface area contributed by atoms with E-state index < -0.39 is 219 Å². The number of nitrogens with one attached hydrogen (secondary N) is 9. The van der Waals surface area contributed by atoms with Gasteiger partial charge in [-0.3, -0.25) is 62.3 Å². The maximum Gasteiger partial charge on any atom is 0.334 e. The number of aromatic hydroxyl groups is 1. The zero-order valence-electron chi connectivity index (χ0n) is 62.8. The summed E-state index contributed by atoms with van der Waals surface area (Å²) in [6.45, 7) is 12.0. The van der Waals surface area contributed by atoms with Crippen molar-refractivity contribution in [3.8, 4) is 11.5 Å². The number of carboxylic acid groups (broad SMARTS) is 2. The van der Waals surface area contributed by atoms with Crippen molar-refractivity contribution in [1.82, 2.24) is 52.8 Å². The summed E-state index contributed by atoms with van der Waals surface area (Å²) in [4.78, 5) is 196. The minimum absolute atomic E-state index is 0.0236. The number of hydrogen-bond donors (Lipinski definition) is 16. The van der Waals surface area contributed by atoms with E-state index in [1.165, 1.54) is 74.2 Å². The van der Waals surface area contributed by atoms with Gasteiger partial charge in [-0.15, -0.1) is 0 Å². The Kier molecular flexibility index (Phi) is 39.3. The number of aliphatic hydroxyl groups excluding tert-OH is 2. The Hall–Kier alpha value is -9.30. The first kappa shape index (κ1) is 90.1. The maximum absolute atomic E-state index is 14.9. The van der Waals surface area contributed by atoms with Crippen LogP contribution in [-0.4, -0.2) is 199 Å². The number of aliphatic hydroxyl groups is 2. The second-order valence-corrected chi connectivity index (χ2v) is 28.7. The van der Waals surface area contributed by atoms with Gasteiger partial charge in [0.1, 0.15) is 71.9 Å². The van der Waals surface area contributed by atoms with Crippen LogP contribution in [0.5, 0.6) is 11.5 Å². The molecular formula is C75H116N12O20. The zero-order valence-corrected chi connectivity index (χ0v) is 62.8. The molecule has 107 heavy (non-hydrogen) atoms. The Morgan fingerprint density at radius 1 is 0.589 bits per heavy atom. The SMILES string of the molecule is CC[C@H](C)CCCCCCCCCC[C@H](O)CC(=O)N[C@@H](CCC(=O)O)C(=O)N[C@@H](CCCN)C(=O)N[C@H]1Cc2ccc(cc2)OC(=O)[C@H]([C@@H](C)CC)NC(=O)[C@H](Cc2ccc(O)cc2)NC(=O)[C@H](CCC(N)=O)NC(=O)[C@@H]2CCCN2C(=O)[C@H](C(C)C)NC(=O)[C@H](CCC(=O)O)NC(=O)[C@H]([C@@H](C)O)NC1=O. The van der Waals surface area contributed by atoms with Crippen molar-refractivity contribution >= 4 is 82.9 Å². The number of carbonyl (C=O) groups is 14. The molecule has 2 aromatic carbocycles. The van der Waals surface area contributed by atoms with Crippen LogP contribution in [0, 0.1) is 17.8 Å². The molecule has 596 valence electrons. The minimum atomic E-state index is -1.99. The number of hydrogen-bond acceptors (Lipinski definition) is 19. The van der Waals surface area contributed by atoms with Crippen molar-refractivity contribution in [1.29, 1.82) is 0 Å². The molecular weight excluding hydrogens is 1390 g/mol. The van der Waals surface area contributed by atoms with E-state index in [0.717, 1.165) is 49.8 Å². The lowest BCUT2D eigenvalue weighted by Crippen LogP contribution is -2.62. The molecule has 32 heteroatoms. The summed E-state index contributed by atoms with van der Waals surface area (Å²) in [5.74, 6) is -15.4. The standard InChI is InChI=1S/C75H116N12O20/c1-8-44(5)20-16-14-12-10-11-13-15-17-21-50(90)42-60(92)78-53(33-36-61(93)94)67(98)79-52(22-18-38-76)66(97)82-57-41-48-26-30-51(31-27-48)107-75(106)64(45(6)9-2)85-70(101)56(40-47-24-28-49(89)29-25-47)83-68(99)54(32-35-59(77)91)80-72(103)58-23-19-39-87(58)74(105)63(43(3)4)84-69(100)55(34-37-62(95)96)81-73(104)65(46(7)88)86-71(57)102/h24-31,43-46,50,52-58,63-65,88-90H,8-23,32-42,76H2,1-7H3,(H2,77,91)(H,78,92)(H,79,98)(H,80,103)(H,81,104)(H,82,97)(H,83,99)(H,84,100)(H,85,101)(H,86,102)(H,93,94)(H,95,96)/t44-,45-,46+,50-,52-,53-,54-,55-,56-,57-,58-,63-,64-,65-/m0/s1. The van der Waals surface area contributed by atoms with E-state index in [1.807, 2.05) is 0 Å². The van der Waals surface area contributed by atoms with Crippen molar-refractivity contribution in [2.75, 3.05) is 13.1 Å². The van der Waals surface area contributed by atoms with Crippen molar-refractivity contribution < 1.29 is 97.4 Å². The lowest BCUT2D eigenvalue weighted by atomic mass is 9.97. The van der Waals surface area contributed by atoms with Crippen molar-refractivity contribution in [2.24, 2.45) is 29.2 Å². The number of carbonyl (C=O) groups excluding carboxylic acids is 12. The summed E-state index contributed by atoms with van der Waals surface area (Å²) in [6, 6.07) is -4.88. The fourth-order valence-electron chi connectivity index (χ4n) is 12.5. The highest BCUT2D eigenvalue weighted by atomic mass is 16.5. The quantitative estimate of drug-likeness (QED) is 0.0199. The van der Waals surface area contributed by atoms with Crippen LogP contribution in [0.2, 0.25) is 0 Å². The smallest absolute Gasteiger partial charge is 0.334 e. The molecule has 3 aliphatic rings. The van der Waals surface area contributed by atoms with Crippen LogP contribution in [0.25, 0.3) is 0 Å². The fourth-order valence-corrected chi connectivity index (χ4v) is 12.5. The van der Waals surface area contributed by atoms with Crippen LogP contribution in [0.4, 0.5) is 0 Å². The van der Waals surface area contributed by atoms with E-state index in [9.17, 15) is 92.7 Å². The Bertz CT molecular complexity index is 3280. The zero-order chi connectivity index (χ0) is 79.4. The number of unbranched alkanes of at least 4 members (excludes halogenated alkanes) is 7. The van der Waals surface area contributed by atoms with Gasteiger partial charge in [0.05, 0.1) is 18.6 Å². The number of esters is 1. The predicted molar refractivity (Wildman–Crippen MR) is 392 cm³/mol. The Labute approximate surface area is 625 Å². The van der Waals surface area contributed by atoms with Gasteiger partial charge in [-0.25, -0.2) is 4.79 Å². The van der Waals surface area contributed by atoms with E-state index in [2.05, 4.69) is 61.7 Å². The van der Waals surface area contributed by atoms with Crippen molar-refractivity contribution in [3.05, 3.63) is 59.7 Å². The van der Waals surface area contributed by atoms with E-state index in [-0.39, 0.29) is 62.3 Å². The van der Waals surface area contributed by atoms with Gasteiger partial charge in [-0.05, 0) is 118 Å². The van der Waals surface area contributed by atoms with Crippen LogP contribution in [0.1, 0.15) is 207 Å². The number of nitrogens with zero attached hydrogens (tertiary/aromatic N) is 1. The van der Waals surface area contributed by atoms with E-state index >= 15 is 0 Å². The van der Waals surface area contributed by atoms with Gasteiger partial charge in [0.2, 0.25) is 65.0 Å². The first-order chi connectivity index (χ1) is 50.7. The molecule has 5 rings (SSSR count). The number of nitrogens with two attached hydrogens (primary N) is 2. The number of fused-ring (bicyclic) bond motifs is 23. The van der Waals surface area contributed by atoms with Crippen LogP contribution in [0.15, 0.2) is 48.5 Å². The second kappa shape index (κ2) is 46.7. The molecule has 0 aromatic heterocycles.